The summed E-state index contributed by atoms with van der Waals surface area (Å²) >= 11 is 0. The molecule has 0 aromatic heterocycles. The van der Waals surface area contributed by atoms with E-state index in [1.165, 1.54) is 0 Å². The molecule has 19 heavy (non-hydrogen) atoms. The number of nitrogens with two attached hydrogens (primary N) is 1. The van der Waals surface area contributed by atoms with Crippen LogP contribution in [-0.4, -0.2) is 26.7 Å². The van der Waals surface area contributed by atoms with Crippen molar-refractivity contribution in [2.75, 3.05) is 20.8 Å². The predicted octanol–water partition coefficient (Wildman–Crippen LogP) is 1.34. The fourth-order valence-electron chi connectivity index (χ4n) is 1.48. The fraction of sp³-hybridized carbons (Fsp3) is 0.462. The second kappa shape index (κ2) is 8.61. The van der Waals surface area contributed by atoms with Gasteiger partial charge in [-0.05, 0) is 18.2 Å². The summed E-state index contributed by atoms with van der Waals surface area (Å²) in [7, 11) is 3.19. The van der Waals surface area contributed by atoms with Gasteiger partial charge in [0.2, 0.25) is 5.91 Å². The van der Waals surface area contributed by atoms with E-state index >= 15 is 0 Å². The summed E-state index contributed by atoms with van der Waals surface area (Å²) in [4.78, 5) is 11.6. The number of methoxy groups -OCH3 is 2. The van der Waals surface area contributed by atoms with E-state index in [1.807, 2.05) is 18.2 Å². The highest BCUT2D eigenvalue weighted by molar-refractivity contribution is 5.85. The quantitative estimate of drug-likeness (QED) is 0.828. The van der Waals surface area contributed by atoms with Crippen molar-refractivity contribution < 1.29 is 14.3 Å². The molecule has 0 fully saturated rings. The number of rotatable bonds is 6. The second-order valence-electron chi connectivity index (χ2n) is 4.03. The first kappa shape index (κ1) is 17.5. The molecule has 1 aromatic carbocycles. The molecular formula is C13H21ClN2O3. The van der Waals surface area contributed by atoms with Crippen LogP contribution in [-0.2, 0) is 11.3 Å². The third-order valence-corrected chi connectivity index (χ3v) is 2.74. The zero-order valence-electron chi connectivity index (χ0n) is 11.4. The lowest BCUT2D eigenvalue weighted by Gasteiger charge is -2.13. The maximum absolute atomic E-state index is 11.6. The lowest BCUT2D eigenvalue weighted by atomic mass is 10.1. The first-order chi connectivity index (χ1) is 8.62. The van der Waals surface area contributed by atoms with Gasteiger partial charge in [0, 0.05) is 24.6 Å². The van der Waals surface area contributed by atoms with Crippen molar-refractivity contribution in [3.8, 4) is 11.5 Å². The minimum absolute atomic E-state index is 0. The van der Waals surface area contributed by atoms with Gasteiger partial charge in [-0.2, -0.15) is 0 Å². The van der Waals surface area contributed by atoms with E-state index in [1.54, 1.807) is 21.1 Å². The van der Waals surface area contributed by atoms with Gasteiger partial charge in [-0.15, -0.1) is 12.4 Å². The Morgan fingerprint density at radius 1 is 1.37 bits per heavy atom. The molecule has 0 bridgehead atoms. The van der Waals surface area contributed by atoms with Crippen molar-refractivity contribution in [3.05, 3.63) is 23.8 Å². The molecule has 0 aliphatic rings. The standard InChI is InChI=1S/C13H20N2O3.ClH/c1-9(7-14)13(16)15-8-10-6-11(17-2)4-5-12(10)18-3;/h4-6,9H,7-8,14H2,1-3H3,(H,15,16);1H. The van der Waals surface area contributed by atoms with Gasteiger partial charge in [0.25, 0.3) is 0 Å². The summed E-state index contributed by atoms with van der Waals surface area (Å²) in [6.45, 7) is 2.52. The highest BCUT2D eigenvalue weighted by atomic mass is 35.5. The summed E-state index contributed by atoms with van der Waals surface area (Å²) in [5, 5.41) is 2.82. The number of carbonyl (C=O) groups is 1. The van der Waals surface area contributed by atoms with Gasteiger partial charge in [-0.1, -0.05) is 6.92 Å². The van der Waals surface area contributed by atoms with Crippen LogP contribution in [0.15, 0.2) is 18.2 Å². The molecule has 0 saturated carbocycles. The van der Waals surface area contributed by atoms with E-state index in [0.29, 0.717) is 13.1 Å². The average Bonchev–Trinajstić information content (AvgIpc) is 2.43. The van der Waals surface area contributed by atoms with Gasteiger partial charge < -0.3 is 20.5 Å². The number of benzene rings is 1. The highest BCUT2D eigenvalue weighted by Crippen LogP contribution is 2.23. The summed E-state index contributed by atoms with van der Waals surface area (Å²) in [6.07, 6.45) is 0. The van der Waals surface area contributed by atoms with E-state index in [4.69, 9.17) is 15.2 Å². The van der Waals surface area contributed by atoms with Crippen LogP contribution >= 0.6 is 12.4 Å². The summed E-state index contributed by atoms with van der Waals surface area (Å²) in [5.41, 5.74) is 6.31. The Kier molecular flexibility index (Phi) is 7.95. The molecule has 3 N–H and O–H groups in total. The highest BCUT2D eigenvalue weighted by Gasteiger charge is 2.12. The predicted molar refractivity (Wildman–Crippen MR) is 76.9 cm³/mol. The molecule has 0 radical (unpaired) electrons. The van der Waals surface area contributed by atoms with E-state index in [9.17, 15) is 4.79 Å². The van der Waals surface area contributed by atoms with Crippen molar-refractivity contribution in [1.82, 2.24) is 5.32 Å². The molecular weight excluding hydrogens is 268 g/mol. The van der Waals surface area contributed by atoms with E-state index in [0.717, 1.165) is 17.1 Å². The summed E-state index contributed by atoms with van der Waals surface area (Å²) in [6, 6.07) is 5.46. The lowest BCUT2D eigenvalue weighted by molar-refractivity contribution is -0.124. The van der Waals surface area contributed by atoms with Crippen LogP contribution in [0.4, 0.5) is 0 Å². The first-order valence-corrected chi connectivity index (χ1v) is 5.81. The van der Waals surface area contributed by atoms with Crippen molar-refractivity contribution in [2.24, 2.45) is 11.7 Å². The summed E-state index contributed by atoms with van der Waals surface area (Å²) in [5.74, 6) is 1.19. The van der Waals surface area contributed by atoms with Gasteiger partial charge in [-0.3, -0.25) is 4.79 Å². The van der Waals surface area contributed by atoms with E-state index in [-0.39, 0.29) is 24.2 Å². The van der Waals surface area contributed by atoms with E-state index in [2.05, 4.69) is 5.32 Å². The van der Waals surface area contributed by atoms with Crippen LogP contribution in [0.5, 0.6) is 11.5 Å². The normalized spacial score (nSPS) is 11.2. The topological polar surface area (TPSA) is 73.6 Å². The zero-order chi connectivity index (χ0) is 13.5. The fourth-order valence-corrected chi connectivity index (χ4v) is 1.48. The van der Waals surface area contributed by atoms with Crippen molar-refractivity contribution in [2.45, 2.75) is 13.5 Å². The number of amides is 1. The molecule has 1 rings (SSSR count). The van der Waals surface area contributed by atoms with Crippen molar-refractivity contribution >= 4 is 18.3 Å². The van der Waals surface area contributed by atoms with Gasteiger partial charge in [0.1, 0.15) is 11.5 Å². The zero-order valence-corrected chi connectivity index (χ0v) is 12.3. The molecule has 6 heteroatoms. The monoisotopic (exact) mass is 288 g/mol. The Hall–Kier alpha value is -1.46. The maximum atomic E-state index is 11.6. The van der Waals surface area contributed by atoms with E-state index < -0.39 is 0 Å². The van der Waals surface area contributed by atoms with Crippen LogP contribution in [0.3, 0.4) is 0 Å². The Morgan fingerprint density at radius 2 is 2.05 bits per heavy atom. The number of hydrogen-bond donors (Lipinski definition) is 2. The van der Waals surface area contributed by atoms with Gasteiger partial charge in [-0.25, -0.2) is 0 Å². The van der Waals surface area contributed by atoms with Crippen LogP contribution in [0.1, 0.15) is 12.5 Å². The first-order valence-electron chi connectivity index (χ1n) is 5.81. The minimum Gasteiger partial charge on any atom is -0.497 e. The van der Waals surface area contributed by atoms with Gasteiger partial charge in [0.05, 0.1) is 14.2 Å². The lowest BCUT2D eigenvalue weighted by Crippen LogP contribution is -2.32. The molecule has 1 atom stereocenters. The van der Waals surface area contributed by atoms with Crippen LogP contribution < -0.4 is 20.5 Å². The average molecular weight is 289 g/mol. The molecule has 1 amide bonds. The Balaban J connectivity index is 0.00000324. The molecule has 0 aliphatic carbocycles. The Morgan fingerprint density at radius 3 is 2.58 bits per heavy atom. The largest absolute Gasteiger partial charge is 0.497 e. The minimum atomic E-state index is -0.193. The van der Waals surface area contributed by atoms with Crippen LogP contribution in [0.25, 0.3) is 0 Å². The second-order valence-corrected chi connectivity index (χ2v) is 4.03. The van der Waals surface area contributed by atoms with Gasteiger partial charge in [0.15, 0.2) is 0 Å². The number of hydrogen-bond acceptors (Lipinski definition) is 4. The molecule has 108 valence electrons. The smallest absolute Gasteiger partial charge is 0.224 e. The maximum Gasteiger partial charge on any atom is 0.224 e. The molecule has 0 saturated heterocycles. The van der Waals surface area contributed by atoms with Crippen LogP contribution in [0.2, 0.25) is 0 Å². The Bertz CT molecular complexity index is 413. The molecule has 0 heterocycles. The molecule has 0 spiro atoms. The SMILES string of the molecule is COc1ccc(OC)c(CNC(=O)C(C)CN)c1.Cl. The summed E-state index contributed by atoms with van der Waals surface area (Å²) < 4.78 is 10.4. The van der Waals surface area contributed by atoms with Crippen molar-refractivity contribution in [3.63, 3.8) is 0 Å². The third kappa shape index (κ3) is 4.96. The Labute approximate surface area is 119 Å². The molecule has 1 unspecified atom stereocenters. The van der Waals surface area contributed by atoms with Gasteiger partial charge >= 0.3 is 0 Å². The molecule has 0 aliphatic heterocycles. The number of ether oxygens (including phenoxy) is 2. The third-order valence-electron chi connectivity index (χ3n) is 2.74. The molecule has 5 nitrogen and oxygen atoms in total. The molecule has 1 aromatic rings. The number of halogens is 1. The van der Waals surface area contributed by atoms with Crippen molar-refractivity contribution in [1.29, 1.82) is 0 Å². The number of carbonyl (C=O) groups excluding carboxylic acids is 1. The number of nitrogens with one attached hydrogen (secondary N) is 1. The van der Waals surface area contributed by atoms with Crippen LogP contribution in [0, 0.1) is 5.92 Å².